The van der Waals surface area contributed by atoms with Crippen LogP contribution >= 0.6 is 0 Å². The number of hydrogen-bond acceptors (Lipinski definition) is 5. The predicted octanol–water partition coefficient (Wildman–Crippen LogP) is 0.527. The molecule has 3 N–H and O–H groups in total. The van der Waals surface area contributed by atoms with Crippen molar-refractivity contribution < 1.29 is 16.8 Å². The topological polar surface area (TPSA) is 106 Å². The Bertz CT molecular complexity index is 625. The first-order valence-corrected chi connectivity index (χ1v) is 8.42. The van der Waals surface area contributed by atoms with Gasteiger partial charge in [-0.25, -0.2) is 16.8 Å². The van der Waals surface area contributed by atoms with Gasteiger partial charge in [-0.3, -0.25) is 4.72 Å². The number of hydrogen-bond donors (Lipinski definition) is 2. The Balaban J connectivity index is 3.03. The summed E-state index contributed by atoms with van der Waals surface area (Å²) in [6.07, 6.45) is 1.08. The standard InChI is InChI=1S/C10H16N2O4S2/c1-10(2,11)18(15,16)12-8-4-6-9(7-5-8)17(3,13)14/h4-7,12H,11H2,1-3H3. The molecule has 1 aromatic rings. The normalized spacial score (nSPS) is 13.3. The molecule has 0 heterocycles. The first kappa shape index (κ1) is 14.9. The van der Waals surface area contributed by atoms with Crippen LogP contribution in [0.25, 0.3) is 0 Å². The number of anilines is 1. The van der Waals surface area contributed by atoms with Crippen molar-refractivity contribution >= 4 is 25.5 Å². The lowest BCUT2D eigenvalue weighted by Gasteiger charge is -2.20. The van der Waals surface area contributed by atoms with E-state index in [9.17, 15) is 16.8 Å². The minimum Gasteiger partial charge on any atom is -0.312 e. The minimum atomic E-state index is -3.72. The fraction of sp³-hybridized carbons (Fsp3) is 0.400. The van der Waals surface area contributed by atoms with Crippen LogP contribution in [0.15, 0.2) is 29.2 Å². The molecule has 8 heteroatoms. The molecule has 0 aliphatic rings. The number of sulfonamides is 1. The van der Waals surface area contributed by atoms with Gasteiger partial charge in [-0.1, -0.05) is 0 Å². The summed E-state index contributed by atoms with van der Waals surface area (Å²) < 4.78 is 48.2. The Hall–Kier alpha value is -1.12. The highest BCUT2D eigenvalue weighted by atomic mass is 32.2. The summed E-state index contributed by atoms with van der Waals surface area (Å²) in [6.45, 7) is 2.72. The fourth-order valence-corrected chi connectivity index (χ4v) is 2.40. The molecule has 0 spiro atoms. The smallest absolute Gasteiger partial charge is 0.250 e. The number of rotatable bonds is 4. The monoisotopic (exact) mass is 292 g/mol. The lowest BCUT2D eigenvalue weighted by molar-refractivity contribution is 0.558. The molecule has 0 radical (unpaired) electrons. The zero-order chi connectivity index (χ0) is 14.2. The summed E-state index contributed by atoms with van der Waals surface area (Å²) in [7, 11) is -7.01. The number of sulfone groups is 1. The predicted molar refractivity (Wildman–Crippen MR) is 70.4 cm³/mol. The van der Waals surface area contributed by atoms with Crippen molar-refractivity contribution in [2.24, 2.45) is 5.73 Å². The van der Waals surface area contributed by atoms with E-state index in [1.165, 1.54) is 38.1 Å². The summed E-state index contributed by atoms with van der Waals surface area (Å²) in [5, 5.41) is 0. The second-order valence-corrected chi connectivity index (χ2v) is 8.78. The zero-order valence-electron chi connectivity index (χ0n) is 10.3. The average molecular weight is 292 g/mol. The molecule has 0 atom stereocenters. The molecular formula is C10H16N2O4S2. The van der Waals surface area contributed by atoms with Crippen molar-refractivity contribution in [3.63, 3.8) is 0 Å². The SMILES string of the molecule is CC(C)(N)S(=O)(=O)Nc1ccc(S(C)(=O)=O)cc1. The summed E-state index contributed by atoms with van der Waals surface area (Å²) in [5.41, 5.74) is 5.78. The molecule has 0 fully saturated rings. The number of nitrogens with one attached hydrogen (secondary N) is 1. The molecule has 0 aromatic heterocycles. The molecule has 18 heavy (non-hydrogen) atoms. The van der Waals surface area contributed by atoms with Gasteiger partial charge in [0, 0.05) is 11.9 Å². The summed E-state index contributed by atoms with van der Waals surface area (Å²) in [5.74, 6) is 0. The van der Waals surface area contributed by atoms with Crippen LogP contribution in [-0.2, 0) is 19.9 Å². The molecule has 0 aliphatic carbocycles. The van der Waals surface area contributed by atoms with E-state index in [4.69, 9.17) is 5.73 Å². The Labute approximate surface area is 107 Å². The van der Waals surface area contributed by atoms with Crippen LogP contribution in [0.2, 0.25) is 0 Å². The maximum atomic E-state index is 11.7. The first-order valence-electron chi connectivity index (χ1n) is 5.05. The van der Waals surface area contributed by atoms with Crippen LogP contribution in [-0.4, -0.2) is 28.0 Å². The number of nitrogens with two attached hydrogens (primary N) is 1. The van der Waals surface area contributed by atoms with Crippen LogP contribution in [0, 0.1) is 0 Å². The first-order chi connectivity index (χ1) is 7.93. The van der Waals surface area contributed by atoms with E-state index in [0.29, 0.717) is 0 Å². The molecule has 102 valence electrons. The molecule has 6 nitrogen and oxygen atoms in total. The molecule has 0 saturated carbocycles. The molecule has 1 aromatic carbocycles. The maximum Gasteiger partial charge on any atom is 0.250 e. The van der Waals surface area contributed by atoms with E-state index >= 15 is 0 Å². The lowest BCUT2D eigenvalue weighted by Crippen LogP contribution is -2.44. The fourth-order valence-electron chi connectivity index (χ4n) is 1.06. The molecule has 0 bridgehead atoms. The highest BCUT2D eigenvalue weighted by Gasteiger charge is 2.29. The van der Waals surface area contributed by atoms with Crippen molar-refractivity contribution in [3.8, 4) is 0 Å². The molecule has 0 amide bonds. The van der Waals surface area contributed by atoms with Crippen molar-refractivity contribution in [1.82, 2.24) is 0 Å². The molecule has 1 rings (SSSR count). The van der Waals surface area contributed by atoms with Gasteiger partial charge in [0.1, 0.15) is 4.87 Å². The molecule has 0 aliphatic heterocycles. The molecule has 0 saturated heterocycles. The maximum absolute atomic E-state index is 11.7. The van der Waals surface area contributed by atoms with Gasteiger partial charge in [-0.15, -0.1) is 0 Å². The van der Waals surface area contributed by atoms with E-state index < -0.39 is 24.7 Å². The van der Waals surface area contributed by atoms with E-state index in [1.54, 1.807) is 0 Å². The largest absolute Gasteiger partial charge is 0.312 e. The van der Waals surface area contributed by atoms with Gasteiger partial charge in [0.15, 0.2) is 9.84 Å². The van der Waals surface area contributed by atoms with Crippen LogP contribution < -0.4 is 10.5 Å². The lowest BCUT2D eigenvalue weighted by atomic mass is 10.3. The average Bonchev–Trinajstić information content (AvgIpc) is 2.14. The Kier molecular flexibility index (Phi) is 3.75. The third-order valence-corrected chi connectivity index (χ3v) is 5.25. The van der Waals surface area contributed by atoms with Crippen LogP contribution in [0.4, 0.5) is 5.69 Å². The quantitative estimate of drug-likeness (QED) is 0.841. The van der Waals surface area contributed by atoms with Crippen molar-refractivity contribution in [2.45, 2.75) is 23.6 Å². The van der Waals surface area contributed by atoms with Gasteiger partial charge in [0.2, 0.25) is 0 Å². The highest BCUT2D eigenvalue weighted by molar-refractivity contribution is 7.94. The van der Waals surface area contributed by atoms with E-state index in [2.05, 4.69) is 4.72 Å². The van der Waals surface area contributed by atoms with Crippen molar-refractivity contribution in [2.75, 3.05) is 11.0 Å². The van der Waals surface area contributed by atoms with Crippen molar-refractivity contribution in [3.05, 3.63) is 24.3 Å². The van der Waals surface area contributed by atoms with Gasteiger partial charge < -0.3 is 5.73 Å². The van der Waals surface area contributed by atoms with Crippen LogP contribution in [0.1, 0.15) is 13.8 Å². The Morgan fingerprint density at radius 1 is 1.06 bits per heavy atom. The zero-order valence-corrected chi connectivity index (χ0v) is 12.0. The molecular weight excluding hydrogens is 276 g/mol. The second kappa shape index (κ2) is 4.52. The third-order valence-electron chi connectivity index (χ3n) is 2.23. The highest BCUT2D eigenvalue weighted by Crippen LogP contribution is 2.18. The van der Waals surface area contributed by atoms with Gasteiger partial charge in [-0.05, 0) is 38.1 Å². The van der Waals surface area contributed by atoms with E-state index in [-0.39, 0.29) is 10.6 Å². The number of benzene rings is 1. The van der Waals surface area contributed by atoms with Crippen LogP contribution in [0.5, 0.6) is 0 Å². The molecule has 0 unspecified atom stereocenters. The van der Waals surface area contributed by atoms with Gasteiger partial charge in [0.05, 0.1) is 4.90 Å². The van der Waals surface area contributed by atoms with Gasteiger partial charge in [0.25, 0.3) is 10.0 Å². The second-order valence-electron chi connectivity index (χ2n) is 4.51. The third kappa shape index (κ3) is 3.44. The van der Waals surface area contributed by atoms with E-state index in [0.717, 1.165) is 6.26 Å². The van der Waals surface area contributed by atoms with E-state index in [1.807, 2.05) is 0 Å². The van der Waals surface area contributed by atoms with Gasteiger partial charge >= 0.3 is 0 Å². The minimum absolute atomic E-state index is 0.123. The Morgan fingerprint density at radius 3 is 1.83 bits per heavy atom. The van der Waals surface area contributed by atoms with Crippen molar-refractivity contribution in [1.29, 1.82) is 0 Å². The summed E-state index contributed by atoms with van der Waals surface area (Å²) in [4.78, 5) is -1.31. The summed E-state index contributed by atoms with van der Waals surface area (Å²) in [6, 6.07) is 5.41. The van der Waals surface area contributed by atoms with Gasteiger partial charge in [-0.2, -0.15) is 0 Å². The Morgan fingerprint density at radius 2 is 1.50 bits per heavy atom. The summed E-state index contributed by atoms with van der Waals surface area (Å²) >= 11 is 0. The van der Waals surface area contributed by atoms with Crippen LogP contribution in [0.3, 0.4) is 0 Å².